The highest BCUT2D eigenvalue weighted by Gasteiger charge is 2.48. The van der Waals surface area contributed by atoms with E-state index in [1.165, 1.54) is 13.2 Å². The molecule has 0 aliphatic carbocycles. The number of rotatable bonds is 4. The van der Waals surface area contributed by atoms with Crippen LogP contribution in [0.5, 0.6) is 0 Å². The van der Waals surface area contributed by atoms with Crippen molar-refractivity contribution in [2.24, 2.45) is 0 Å². The van der Waals surface area contributed by atoms with Gasteiger partial charge in [-0.3, -0.25) is 4.79 Å². The van der Waals surface area contributed by atoms with Gasteiger partial charge >= 0.3 is 5.97 Å². The maximum atomic E-state index is 12.7. The molecule has 25 heavy (non-hydrogen) atoms. The fourth-order valence-corrected chi connectivity index (χ4v) is 4.20. The molecule has 0 radical (unpaired) electrons. The minimum absolute atomic E-state index is 0. The summed E-state index contributed by atoms with van der Waals surface area (Å²) in [6.07, 6.45) is 1.52. The molecule has 1 aromatic carbocycles. The molecule has 0 spiro atoms. The summed E-state index contributed by atoms with van der Waals surface area (Å²) in [7, 11) is -2.31. The molecule has 2 rings (SSSR count). The molecule has 140 valence electrons. The fourth-order valence-electron chi connectivity index (χ4n) is 2.87. The molecule has 7 nitrogen and oxygen atoms in total. The van der Waals surface area contributed by atoms with Crippen LogP contribution >= 0.6 is 12.4 Å². The van der Waals surface area contributed by atoms with Crippen molar-refractivity contribution >= 4 is 39.8 Å². The number of carbonyl (C=O) groups excluding carboxylic acids is 2. The van der Waals surface area contributed by atoms with Gasteiger partial charge in [-0.25, -0.2) is 13.2 Å². The molecular formula is C16H23ClN2O5S. The van der Waals surface area contributed by atoms with Crippen LogP contribution in [0.3, 0.4) is 0 Å². The summed E-state index contributed by atoms with van der Waals surface area (Å²) >= 11 is 0. The van der Waals surface area contributed by atoms with E-state index in [1.807, 2.05) is 0 Å². The lowest BCUT2D eigenvalue weighted by Crippen LogP contribution is -2.55. The van der Waals surface area contributed by atoms with Crippen molar-refractivity contribution < 1.29 is 22.7 Å². The first-order valence-electron chi connectivity index (χ1n) is 7.62. The van der Waals surface area contributed by atoms with Gasteiger partial charge in [-0.05, 0) is 50.6 Å². The zero-order valence-corrected chi connectivity index (χ0v) is 16.1. The van der Waals surface area contributed by atoms with Crippen molar-refractivity contribution in [1.82, 2.24) is 5.32 Å². The van der Waals surface area contributed by atoms with Crippen LogP contribution in [-0.2, 0) is 19.4 Å². The lowest BCUT2D eigenvalue weighted by atomic mass is 9.95. The third-order valence-electron chi connectivity index (χ3n) is 4.44. The molecule has 0 aromatic heterocycles. The van der Waals surface area contributed by atoms with Crippen molar-refractivity contribution in [3.05, 3.63) is 29.3 Å². The van der Waals surface area contributed by atoms with Crippen LogP contribution in [0.25, 0.3) is 0 Å². The van der Waals surface area contributed by atoms with Crippen molar-refractivity contribution in [2.75, 3.05) is 31.8 Å². The maximum absolute atomic E-state index is 12.7. The number of esters is 1. The summed E-state index contributed by atoms with van der Waals surface area (Å²) < 4.78 is 27.8. The van der Waals surface area contributed by atoms with E-state index >= 15 is 0 Å². The first-order valence-corrected chi connectivity index (χ1v) is 9.51. The van der Waals surface area contributed by atoms with E-state index in [0.717, 1.165) is 6.26 Å². The second kappa shape index (κ2) is 8.16. The van der Waals surface area contributed by atoms with E-state index in [0.29, 0.717) is 29.9 Å². The van der Waals surface area contributed by atoms with Crippen LogP contribution < -0.4 is 10.6 Å². The molecule has 2 N–H and O–H groups in total. The number of methoxy groups -OCH3 is 1. The number of anilines is 1. The summed E-state index contributed by atoms with van der Waals surface area (Å²) in [5.41, 5.74) is 1.40. The number of nitrogens with one attached hydrogen (secondary N) is 2. The van der Waals surface area contributed by atoms with Gasteiger partial charge in [0.15, 0.2) is 14.6 Å². The summed E-state index contributed by atoms with van der Waals surface area (Å²) in [5.74, 6) is -1.07. The Bertz CT molecular complexity index is 758. The Morgan fingerprint density at radius 1 is 1.24 bits per heavy atom. The normalized spacial score (nSPS) is 16.4. The minimum atomic E-state index is -3.59. The number of benzene rings is 1. The lowest BCUT2D eigenvalue weighted by molar-refractivity contribution is -0.119. The smallest absolute Gasteiger partial charge is 0.338 e. The van der Waals surface area contributed by atoms with Gasteiger partial charge in [0.25, 0.3) is 0 Å². The number of hydrogen-bond acceptors (Lipinski definition) is 6. The second-order valence-corrected chi connectivity index (χ2v) is 8.32. The van der Waals surface area contributed by atoms with Crippen LogP contribution in [0.4, 0.5) is 5.69 Å². The van der Waals surface area contributed by atoms with E-state index in [4.69, 9.17) is 4.74 Å². The zero-order chi connectivity index (χ0) is 18.0. The highest BCUT2D eigenvalue weighted by molar-refractivity contribution is 7.92. The van der Waals surface area contributed by atoms with Gasteiger partial charge in [0, 0.05) is 11.9 Å². The lowest BCUT2D eigenvalue weighted by Gasteiger charge is -2.34. The van der Waals surface area contributed by atoms with Crippen molar-refractivity contribution in [2.45, 2.75) is 24.5 Å². The van der Waals surface area contributed by atoms with Gasteiger partial charge in [0.1, 0.15) is 0 Å². The summed E-state index contributed by atoms with van der Waals surface area (Å²) in [4.78, 5) is 24.5. The van der Waals surface area contributed by atoms with E-state index in [9.17, 15) is 18.0 Å². The Labute approximate surface area is 153 Å². The standard InChI is InChI=1S/C16H22N2O5S.ClH/c1-11-4-5-12(10-13(11)14(19)23-2)18-15(20)16(24(3,21)22)6-8-17-9-7-16;/h4-5,10,17H,6-9H2,1-3H3,(H,18,20);1H. The topological polar surface area (TPSA) is 102 Å². The van der Waals surface area contributed by atoms with Crippen LogP contribution in [0.15, 0.2) is 18.2 Å². The predicted octanol–water partition coefficient (Wildman–Crippen LogP) is 1.31. The summed E-state index contributed by atoms with van der Waals surface area (Å²) in [6.45, 7) is 2.67. The van der Waals surface area contributed by atoms with E-state index in [2.05, 4.69) is 10.6 Å². The SMILES string of the molecule is COC(=O)c1cc(NC(=O)C2(S(C)(=O)=O)CCNCC2)ccc1C.Cl. The van der Waals surface area contributed by atoms with Gasteiger partial charge in [-0.1, -0.05) is 6.07 Å². The Kier molecular flexibility index (Phi) is 6.99. The number of ether oxygens (including phenoxy) is 1. The molecule has 0 atom stereocenters. The van der Waals surface area contributed by atoms with Crippen LogP contribution in [0.2, 0.25) is 0 Å². The van der Waals surface area contributed by atoms with Gasteiger partial charge in [-0.15, -0.1) is 12.4 Å². The fraction of sp³-hybridized carbons (Fsp3) is 0.500. The third-order valence-corrected chi connectivity index (χ3v) is 6.45. The number of sulfone groups is 1. The van der Waals surface area contributed by atoms with Crippen molar-refractivity contribution in [1.29, 1.82) is 0 Å². The molecule has 0 bridgehead atoms. The molecule has 1 aromatic rings. The largest absolute Gasteiger partial charge is 0.465 e. The zero-order valence-electron chi connectivity index (χ0n) is 14.4. The monoisotopic (exact) mass is 390 g/mol. The molecule has 0 saturated carbocycles. The number of hydrogen-bond donors (Lipinski definition) is 2. The first-order chi connectivity index (χ1) is 11.2. The Morgan fingerprint density at radius 2 is 1.84 bits per heavy atom. The Morgan fingerprint density at radius 3 is 2.36 bits per heavy atom. The molecular weight excluding hydrogens is 368 g/mol. The van der Waals surface area contributed by atoms with E-state index in [1.54, 1.807) is 19.1 Å². The van der Waals surface area contributed by atoms with E-state index in [-0.39, 0.29) is 25.2 Å². The van der Waals surface area contributed by atoms with Crippen LogP contribution in [0, 0.1) is 6.92 Å². The van der Waals surface area contributed by atoms with Crippen LogP contribution in [0.1, 0.15) is 28.8 Å². The van der Waals surface area contributed by atoms with Gasteiger partial charge in [0.05, 0.1) is 12.7 Å². The maximum Gasteiger partial charge on any atom is 0.338 e. The molecule has 1 heterocycles. The molecule has 1 saturated heterocycles. The highest BCUT2D eigenvalue weighted by atomic mass is 35.5. The van der Waals surface area contributed by atoms with E-state index < -0.39 is 26.5 Å². The second-order valence-electron chi connectivity index (χ2n) is 5.99. The summed E-state index contributed by atoms with van der Waals surface area (Å²) in [6, 6.07) is 4.81. The molecule has 0 unspecified atom stereocenters. The van der Waals surface area contributed by atoms with Gasteiger partial charge < -0.3 is 15.4 Å². The predicted molar refractivity (Wildman–Crippen MR) is 98.1 cm³/mol. The third kappa shape index (κ3) is 4.31. The Balaban J connectivity index is 0.00000312. The van der Waals surface area contributed by atoms with Crippen molar-refractivity contribution in [3.8, 4) is 0 Å². The quantitative estimate of drug-likeness (QED) is 0.751. The first kappa shape index (κ1) is 21.4. The summed E-state index contributed by atoms with van der Waals surface area (Å²) in [5, 5.41) is 5.72. The number of aryl methyl sites for hydroxylation is 1. The molecule has 9 heteroatoms. The minimum Gasteiger partial charge on any atom is -0.465 e. The number of amides is 1. The number of halogens is 1. The van der Waals surface area contributed by atoms with Crippen LogP contribution in [-0.4, -0.2) is 51.5 Å². The average molecular weight is 391 g/mol. The number of carbonyl (C=O) groups is 2. The molecule has 1 fully saturated rings. The highest BCUT2D eigenvalue weighted by Crippen LogP contribution is 2.29. The number of piperidine rings is 1. The molecule has 1 aliphatic heterocycles. The molecule has 1 aliphatic rings. The van der Waals surface area contributed by atoms with Gasteiger partial charge in [0.2, 0.25) is 5.91 Å². The van der Waals surface area contributed by atoms with Crippen molar-refractivity contribution in [3.63, 3.8) is 0 Å². The average Bonchev–Trinajstić information content (AvgIpc) is 2.55. The molecule has 1 amide bonds. The van der Waals surface area contributed by atoms with Gasteiger partial charge in [-0.2, -0.15) is 0 Å². The Hall–Kier alpha value is -1.64.